The monoisotopic (exact) mass is 451 g/mol. The molecule has 2 aromatic heterocycles. The van der Waals surface area contributed by atoms with Gasteiger partial charge in [-0.1, -0.05) is 0 Å². The zero-order valence-electron chi connectivity index (χ0n) is 17.4. The molecule has 172 valence electrons. The molecule has 8 nitrogen and oxygen atoms in total. The maximum Gasteiger partial charge on any atom is 0.417 e. The van der Waals surface area contributed by atoms with Crippen molar-refractivity contribution >= 4 is 17.8 Å². The summed E-state index contributed by atoms with van der Waals surface area (Å²) in [5.41, 5.74) is -0.0928. The van der Waals surface area contributed by atoms with Crippen LogP contribution in [-0.4, -0.2) is 48.8 Å². The van der Waals surface area contributed by atoms with E-state index in [1.54, 1.807) is 11.0 Å². The molecule has 2 heterocycles. The van der Waals surface area contributed by atoms with E-state index in [9.17, 15) is 27.9 Å². The van der Waals surface area contributed by atoms with Gasteiger partial charge in [-0.25, -0.2) is 4.79 Å². The fourth-order valence-electron chi connectivity index (χ4n) is 4.38. The van der Waals surface area contributed by atoms with Gasteiger partial charge < -0.3 is 10.4 Å². The summed E-state index contributed by atoms with van der Waals surface area (Å²) in [4.78, 5) is 29.3. The number of halogens is 3. The number of hydrogen-bond donors (Lipinski definition) is 3. The van der Waals surface area contributed by atoms with Gasteiger partial charge in [0.15, 0.2) is 5.82 Å². The molecule has 11 heteroatoms. The highest BCUT2D eigenvalue weighted by Crippen LogP contribution is 2.47. The largest absolute Gasteiger partial charge is 0.465 e. The van der Waals surface area contributed by atoms with Crippen LogP contribution in [0.3, 0.4) is 0 Å². The fourth-order valence-corrected chi connectivity index (χ4v) is 4.38. The number of pyridine rings is 1. The molecule has 0 aromatic carbocycles. The lowest BCUT2D eigenvalue weighted by molar-refractivity contribution is -0.137. The molecule has 0 saturated heterocycles. The molecule has 2 atom stereocenters. The Labute approximate surface area is 182 Å². The van der Waals surface area contributed by atoms with Crippen molar-refractivity contribution in [2.75, 3.05) is 5.32 Å². The normalized spacial score (nSPS) is 21.9. The number of rotatable bonds is 6. The number of aromatic nitrogens is 3. The fraction of sp³-hybridized carbons (Fsp3) is 0.524. The SMILES string of the molecule is CC1(N(C(=O)O)[C@@H]2CC[C@H](c3cc(NC(=O)Cc4ccc(C(F)(F)F)cn4)n[nH]3)C2)CC1. The molecule has 0 aliphatic heterocycles. The zero-order valence-corrected chi connectivity index (χ0v) is 17.4. The van der Waals surface area contributed by atoms with Gasteiger partial charge in [0.25, 0.3) is 0 Å². The van der Waals surface area contributed by atoms with Gasteiger partial charge in [-0.05, 0) is 51.2 Å². The summed E-state index contributed by atoms with van der Waals surface area (Å²) in [7, 11) is 0. The number of nitrogens with one attached hydrogen (secondary N) is 2. The van der Waals surface area contributed by atoms with Crippen molar-refractivity contribution in [3.63, 3.8) is 0 Å². The summed E-state index contributed by atoms with van der Waals surface area (Å²) in [5.74, 6) is -0.0261. The van der Waals surface area contributed by atoms with Gasteiger partial charge in [0.05, 0.1) is 12.0 Å². The summed E-state index contributed by atoms with van der Waals surface area (Å²) in [6, 6.07) is 3.74. The first-order chi connectivity index (χ1) is 15.0. The molecule has 2 amide bonds. The van der Waals surface area contributed by atoms with E-state index in [0.717, 1.165) is 37.4 Å². The minimum Gasteiger partial charge on any atom is -0.465 e. The Balaban J connectivity index is 1.33. The van der Waals surface area contributed by atoms with Crippen LogP contribution in [0, 0.1) is 0 Å². The summed E-state index contributed by atoms with van der Waals surface area (Å²) in [5, 5.41) is 19.3. The maximum atomic E-state index is 12.6. The Kier molecular flexibility index (Phi) is 5.59. The van der Waals surface area contributed by atoms with E-state index in [-0.39, 0.29) is 29.6 Å². The molecule has 2 saturated carbocycles. The molecule has 2 aliphatic carbocycles. The number of amides is 2. The number of carboxylic acid groups (broad SMARTS) is 1. The average molecular weight is 451 g/mol. The molecule has 0 spiro atoms. The van der Waals surface area contributed by atoms with Crippen LogP contribution in [0.2, 0.25) is 0 Å². The number of carbonyl (C=O) groups is 2. The van der Waals surface area contributed by atoms with E-state index in [4.69, 9.17) is 0 Å². The Hall–Kier alpha value is -3.11. The van der Waals surface area contributed by atoms with Gasteiger partial charge in [-0.2, -0.15) is 18.3 Å². The van der Waals surface area contributed by atoms with E-state index in [0.29, 0.717) is 18.4 Å². The van der Waals surface area contributed by atoms with E-state index in [1.165, 1.54) is 6.07 Å². The number of carbonyl (C=O) groups excluding carboxylic acids is 1. The highest BCUT2D eigenvalue weighted by atomic mass is 19.4. The van der Waals surface area contributed by atoms with Crippen molar-refractivity contribution in [3.05, 3.63) is 41.3 Å². The van der Waals surface area contributed by atoms with E-state index in [2.05, 4.69) is 20.5 Å². The Morgan fingerprint density at radius 2 is 2.06 bits per heavy atom. The van der Waals surface area contributed by atoms with Gasteiger partial charge in [-0.3, -0.25) is 19.8 Å². The van der Waals surface area contributed by atoms with Crippen LogP contribution in [0.15, 0.2) is 24.4 Å². The topological polar surface area (TPSA) is 111 Å². The van der Waals surface area contributed by atoms with E-state index in [1.807, 2.05) is 6.92 Å². The second-order valence-corrected chi connectivity index (χ2v) is 8.78. The summed E-state index contributed by atoms with van der Waals surface area (Å²) < 4.78 is 37.8. The second-order valence-electron chi connectivity index (χ2n) is 8.78. The molecule has 2 fully saturated rings. The first-order valence-corrected chi connectivity index (χ1v) is 10.4. The molecule has 2 aliphatic rings. The number of hydrogen-bond acceptors (Lipinski definition) is 4. The molecule has 3 N–H and O–H groups in total. The van der Waals surface area contributed by atoms with E-state index >= 15 is 0 Å². The van der Waals surface area contributed by atoms with Crippen molar-refractivity contribution in [2.24, 2.45) is 0 Å². The predicted molar refractivity (Wildman–Crippen MR) is 108 cm³/mol. The highest BCUT2D eigenvalue weighted by Gasteiger charge is 2.50. The van der Waals surface area contributed by atoms with Gasteiger partial charge in [0.1, 0.15) is 0 Å². The Morgan fingerprint density at radius 1 is 1.31 bits per heavy atom. The van der Waals surface area contributed by atoms with Crippen LogP contribution < -0.4 is 5.32 Å². The number of nitrogens with zero attached hydrogens (tertiary/aromatic N) is 3. The van der Waals surface area contributed by atoms with Crippen LogP contribution in [-0.2, 0) is 17.4 Å². The summed E-state index contributed by atoms with van der Waals surface area (Å²) in [6.07, 6.45) is -0.800. The zero-order chi connectivity index (χ0) is 23.1. The molecule has 0 bridgehead atoms. The molecule has 2 aromatic rings. The predicted octanol–water partition coefficient (Wildman–Crippen LogP) is 4.17. The molecule has 0 radical (unpaired) electrons. The Bertz CT molecular complexity index is 1000. The number of H-pyrrole nitrogens is 1. The smallest absolute Gasteiger partial charge is 0.417 e. The first-order valence-electron chi connectivity index (χ1n) is 10.4. The molecular weight excluding hydrogens is 427 g/mol. The summed E-state index contributed by atoms with van der Waals surface area (Å²) in [6.45, 7) is 1.98. The van der Waals surface area contributed by atoms with Crippen LogP contribution in [0.4, 0.5) is 23.8 Å². The minimum atomic E-state index is -4.48. The van der Waals surface area contributed by atoms with Gasteiger partial charge in [-0.15, -0.1) is 0 Å². The van der Waals surface area contributed by atoms with Crippen molar-refractivity contribution in [1.82, 2.24) is 20.1 Å². The van der Waals surface area contributed by atoms with Crippen molar-refractivity contribution in [1.29, 1.82) is 0 Å². The summed E-state index contributed by atoms with van der Waals surface area (Å²) >= 11 is 0. The van der Waals surface area contributed by atoms with Crippen molar-refractivity contribution < 1.29 is 27.9 Å². The second kappa shape index (κ2) is 8.10. The molecule has 32 heavy (non-hydrogen) atoms. The van der Waals surface area contributed by atoms with E-state index < -0.39 is 23.7 Å². The van der Waals surface area contributed by atoms with Gasteiger partial charge in [0, 0.05) is 41.1 Å². The lowest BCUT2D eigenvalue weighted by Gasteiger charge is -2.32. The van der Waals surface area contributed by atoms with Crippen molar-refractivity contribution in [3.8, 4) is 0 Å². The van der Waals surface area contributed by atoms with Gasteiger partial charge >= 0.3 is 12.3 Å². The number of alkyl halides is 3. The van der Waals surface area contributed by atoms with Crippen LogP contribution >= 0.6 is 0 Å². The molecule has 4 rings (SSSR count). The van der Waals surface area contributed by atoms with Crippen LogP contribution in [0.5, 0.6) is 0 Å². The minimum absolute atomic E-state index is 0.0444. The first kappa shape index (κ1) is 22.1. The standard InChI is InChI=1S/C21H24F3N5O3/c1-20(6-7-20)29(19(31)32)15-5-2-12(8-15)16-10-17(28-27-16)26-18(30)9-14-4-3-13(11-25-14)21(22,23)24/h3-4,10-12,15H,2,5-9H2,1H3,(H,31,32)(H2,26,27,28,30)/t12-,15+/m0/s1. The van der Waals surface area contributed by atoms with Crippen LogP contribution in [0.1, 0.15) is 61.9 Å². The average Bonchev–Trinajstić information content (AvgIpc) is 3.08. The highest BCUT2D eigenvalue weighted by molar-refractivity contribution is 5.91. The number of anilines is 1. The third-order valence-corrected chi connectivity index (χ3v) is 6.33. The van der Waals surface area contributed by atoms with Gasteiger partial charge in [0.2, 0.25) is 5.91 Å². The lowest BCUT2D eigenvalue weighted by Crippen LogP contribution is -2.45. The Morgan fingerprint density at radius 3 is 2.66 bits per heavy atom. The third kappa shape index (κ3) is 4.71. The lowest BCUT2D eigenvalue weighted by atomic mass is 10.0. The molecular formula is C21H24F3N5O3. The van der Waals surface area contributed by atoms with Crippen LogP contribution in [0.25, 0.3) is 0 Å². The third-order valence-electron chi connectivity index (χ3n) is 6.33. The quantitative estimate of drug-likeness (QED) is 0.610. The van der Waals surface area contributed by atoms with Crippen molar-refractivity contribution in [2.45, 2.75) is 69.1 Å². The molecule has 0 unspecified atom stereocenters. The maximum absolute atomic E-state index is 12.6. The number of aromatic amines is 1.